The number of hydrogen-bond acceptors (Lipinski definition) is 4. The van der Waals surface area contributed by atoms with Gasteiger partial charge in [0.25, 0.3) is 0 Å². The fraction of sp³-hybridized carbons (Fsp3) is 0.733. The maximum absolute atomic E-state index is 6.02. The van der Waals surface area contributed by atoms with Crippen LogP contribution >= 0.6 is 0 Å². The molecule has 0 radical (unpaired) electrons. The summed E-state index contributed by atoms with van der Waals surface area (Å²) in [5.74, 6) is 1.88. The highest BCUT2D eigenvalue weighted by atomic mass is 15.2. The van der Waals surface area contributed by atoms with Crippen LogP contribution in [0.15, 0.2) is 6.33 Å². The maximum atomic E-state index is 6.02. The van der Waals surface area contributed by atoms with Gasteiger partial charge in [0.1, 0.15) is 12.1 Å². The van der Waals surface area contributed by atoms with E-state index in [1.807, 2.05) is 0 Å². The number of aryl methyl sites for hydroxylation is 1. The first-order valence-corrected chi connectivity index (χ1v) is 7.59. The highest BCUT2D eigenvalue weighted by Crippen LogP contribution is 2.30. The third-order valence-corrected chi connectivity index (χ3v) is 4.68. The molecular formula is C15H24N4. The summed E-state index contributed by atoms with van der Waals surface area (Å²) in [6.45, 7) is 4.32. The molecule has 19 heavy (non-hydrogen) atoms. The van der Waals surface area contributed by atoms with Crippen molar-refractivity contribution >= 4 is 5.82 Å². The zero-order valence-corrected chi connectivity index (χ0v) is 11.8. The molecule has 2 N–H and O–H groups in total. The average Bonchev–Trinajstić information content (AvgIpc) is 2.47. The molecule has 2 aliphatic rings. The summed E-state index contributed by atoms with van der Waals surface area (Å²) in [6, 6.07) is 0.321. The monoisotopic (exact) mass is 260 g/mol. The Morgan fingerprint density at radius 1 is 1.21 bits per heavy atom. The molecule has 3 rings (SSSR count). The smallest absolute Gasteiger partial charge is 0.135 e. The van der Waals surface area contributed by atoms with Crippen molar-refractivity contribution in [3.63, 3.8) is 0 Å². The van der Waals surface area contributed by atoms with Crippen molar-refractivity contribution in [2.24, 2.45) is 11.7 Å². The Bertz CT molecular complexity index is 436. The van der Waals surface area contributed by atoms with E-state index in [4.69, 9.17) is 5.73 Å². The third kappa shape index (κ3) is 2.59. The van der Waals surface area contributed by atoms with Gasteiger partial charge >= 0.3 is 0 Å². The number of nitrogens with zero attached hydrogens (tertiary/aromatic N) is 3. The van der Waals surface area contributed by atoms with Crippen LogP contribution in [0.25, 0.3) is 0 Å². The molecule has 0 spiro atoms. The standard InChI is InChI=1S/C15H24N4/c1-11(16)12-6-8-19(9-7-12)15-13-4-2-3-5-14(13)17-10-18-15/h10-12H,2-9,16H2,1H3. The van der Waals surface area contributed by atoms with Gasteiger partial charge in [0.15, 0.2) is 0 Å². The van der Waals surface area contributed by atoms with E-state index in [9.17, 15) is 0 Å². The Morgan fingerprint density at radius 2 is 1.95 bits per heavy atom. The van der Waals surface area contributed by atoms with Crippen LogP contribution in [0.4, 0.5) is 5.82 Å². The molecule has 1 aromatic rings. The predicted octanol–water partition coefficient (Wildman–Crippen LogP) is 1.92. The number of anilines is 1. The first-order chi connectivity index (χ1) is 9.25. The van der Waals surface area contributed by atoms with E-state index in [-0.39, 0.29) is 0 Å². The lowest BCUT2D eigenvalue weighted by Gasteiger charge is -2.36. The van der Waals surface area contributed by atoms with Crippen LogP contribution in [0.1, 0.15) is 43.9 Å². The van der Waals surface area contributed by atoms with Gasteiger partial charge in [-0.15, -0.1) is 0 Å². The largest absolute Gasteiger partial charge is 0.356 e. The van der Waals surface area contributed by atoms with E-state index in [0.717, 1.165) is 25.9 Å². The summed E-state index contributed by atoms with van der Waals surface area (Å²) in [5.41, 5.74) is 8.71. The molecule has 1 atom stereocenters. The van der Waals surface area contributed by atoms with Gasteiger partial charge in [0.05, 0.1) is 0 Å². The van der Waals surface area contributed by atoms with Crippen molar-refractivity contribution in [1.29, 1.82) is 0 Å². The minimum absolute atomic E-state index is 0.321. The van der Waals surface area contributed by atoms with Gasteiger partial charge in [0.2, 0.25) is 0 Å². The Morgan fingerprint density at radius 3 is 2.68 bits per heavy atom. The van der Waals surface area contributed by atoms with E-state index in [1.165, 1.54) is 42.8 Å². The Hall–Kier alpha value is -1.16. The summed E-state index contributed by atoms with van der Waals surface area (Å²) >= 11 is 0. The minimum Gasteiger partial charge on any atom is -0.356 e. The zero-order valence-electron chi connectivity index (χ0n) is 11.8. The molecule has 2 heterocycles. The lowest BCUT2D eigenvalue weighted by atomic mass is 9.90. The van der Waals surface area contributed by atoms with Crippen LogP contribution < -0.4 is 10.6 Å². The lowest BCUT2D eigenvalue weighted by Crippen LogP contribution is -2.40. The van der Waals surface area contributed by atoms with Crippen LogP contribution in [0, 0.1) is 5.92 Å². The number of aromatic nitrogens is 2. The highest BCUT2D eigenvalue weighted by molar-refractivity contribution is 5.49. The first kappa shape index (κ1) is 12.9. The van der Waals surface area contributed by atoms with Crippen molar-refractivity contribution in [2.75, 3.05) is 18.0 Å². The molecule has 1 fully saturated rings. The molecule has 1 aliphatic carbocycles. The lowest BCUT2D eigenvalue weighted by molar-refractivity contribution is 0.353. The van der Waals surface area contributed by atoms with E-state index >= 15 is 0 Å². The summed E-state index contributed by atoms with van der Waals surface area (Å²) in [6.07, 6.45) is 8.96. The van der Waals surface area contributed by atoms with Crippen molar-refractivity contribution in [2.45, 2.75) is 51.5 Å². The summed E-state index contributed by atoms with van der Waals surface area (Å²) < 4.78 is 0. The first-order valence-electron chi connectivity index (χ1n) is 7.59. The van der Waals surface area contributed by atoms with Crippen molar-refractivity contribution in [3.05, 3.63) is 17.6 Å². The molecule has 1 unspecified atom stereocenters. The van der Waals surface area contributed by atoms with E-state index < -0.39 is 0 Å². The molecule has 1 aliphatic heterocycles. The molecule has 0 saturated carbocycles. The topological polar surface area (TPSA) is 55.0 Å². The van der Waals surface area contributed by atoms with Gasteiger partial charge in [0, 0.05) is 30.4 Å². The molecular weight excluding hydrogens is 236 g/mol. The second-order valence-electron chi connectivity index (χ2n) is 6.01. The van der Waals surface area contributed by atoms with E-state index in [1.54, 1.807) is 6.33 Å². The second-order valence-corrected chi connectivity index (χ2v) is 6.01. The van der Waals surface area contributed by atoms with Crippen molar-refractivity contribution < 1.29 is 0 Å². The molecule has 0 aromatic carbocycles. The Labute approximate surface area is 115 Å². The second kappa shape index (κ2) is 5.45. The van der Waals surface area contributed by atoms with Crippen LogP contribution in [0.5, 0.6) is 0 Å². The maximum Gasteiger partial charge on any atom is 0.135 e. The quantitative estimate of drug-likeness (QED) is 0.882. The van der Waals surface area contributed by atoms with Crippen molar-refractivity contribution in [1.82, 2.24) is 9.97 Å². The zero-order chi connectivity index (χ0) is 13.2. The Kier molecular flexibility index (Phi) is 3.69. The fourth-order valence-corrected chi connectivity index (χ4v) is 3.41. The number of nitrogens with two attached hydrogens (primary N) is 1. The summed E-state index contributed by atoms with van der Waals surface area (Å²) in [5, 5.41) is 0. The SMILES string of the molecule is CC(N)C1CCN(c2ncnc3c2CCCC3)CC1. The normalized spacial score (nSPS) is 22.1. The summed E-state index contributed by atoms with van der Waals surface area (Å²) in [7, 11) is 0. The number of piperidine rings is 1. The fourth-order valence-electron chi connectivity index (χ4n) is 3.41. The van der Waals surface area contributed by atoms with Crippen LogP contribution in [0.3, 0.4) is 0 Å². The molecule has 4 heteroatoms. The average molecular weight is 260 g/mol. The molecule has 0 bridgehead atoms. The molecule has 104 valence electrons. The van der Waals surface area contributed by atoms with E-state index in [2.05, 4.69) is 21.8 Å². The molecule has 0 amide bonds. The van der Waals surface area contributed by atoms with Gasteiger partial charge in [-0.25, -0.2) is 9.97 Å². The predicted molar refractivity (Wildman–Crippen MR) is 77.3 cm³/mol. The Balaban J connectivity index is 1.77. The van der Waals surface area contributed by atoms with Gasteiger partial charge in [-0.2, -0.15) is 0 Å². The van der Waals surface area contributed by atoms with Crippen LogP contribution in [-0.2, 0) is 12.8 Å². The highest BCUT2D eigenvalue weighted by Gasteiger charge is 2.25. The third-order valence-electron chi connectivity index (χ3n) is 4.68. The number of hydrogen-bond donors (Lipinski definition) is 1. The number of rotatable bonds is 2. The van der Waals surface area contributed by atoms with Gasteiger partial charge in [-0.3, -0.25) is 0 Å². The number of fused-ring (bicyclic) bond motifs is 1. The van der Waals surface area contributed by atoms with Gasteiger partial charge in [-0.05, 0) is 51.4 Å². The van der Waals surface area contributed by atoms with Crippen LogP contribution in [-0.4, -0.2) is 29.1 Å². The minimum atomic E-state index is 0.321. The van der Waals surface area contributed by atoms with Gasteiger partial charge < -0.3 is 10.6 Å². The van der Waals surface area contributed by atoms with Crippen LogP contribution in [0.2, 0.25) is 0 Å². The summed E-state index contributed by atoms with van der Waals surface area (Å²) in [4.78, 5) is 11.5. The van der Waals surface area contributed by atoms with Gasteiger partial charge in [-0.1, -0.05) is 0 Å². The molecule has 1 saturated heterocycles. The molecule has 1 aromatic heterocycles. The molecule has 4 nitrogen and oxygen atoms in total. The van der Waals surface area contributed by atoms with Crippen molar-refractivity contribution in [3.8, 4) is 0 Å². The van der Waals surface area contributed by atoms with E-state index in [0.29, 0.717) is 12.0 Å².